The van der Waals surface area contributed by atoms with E-state index < -0.39 is 0 Å². The Morgan fingerprint density at radius 1 is 1.23 bits per heavy atom. The van der Waals surface area contributed by atoms with Gasteiger partial charge in [0, 0.05) is 5.92 Å². The minimum atomic E-state index is -0.253. The lowest BCUT2D eigenvalue weighted by Gasteiger charge is -2.09. The molecule has 1 aromatic heterocycles. The first-order valence-electron chi connectivity index (χ1n) is 8.03. The molecule has 4 nitrogen and oxygen atoms in total. The summed E-state index contributed by atoms with van der Waals surface area (Å²) in [5.74, 6) is 0.203. The standard InChI is InChI=1S/C18H22N2O2/c1-3-13-5-7-14(8-6-13)12-20-17(15-9-10-15)16(11-19-20)18(21)22-4-2/h5-8,11,15H,3-4,9-10,12H2,1-2H3. The van der Waals surface area contributed by atoms with Gasteiger partial charge in [-0.25, -0.2) is 4.79 Å². The first-order chi connectivity index (χ1) is 10.7. The van der Waals surface area contributed by atoms with E-state index in [1.165, 1.54) is 11.1 Å². The summed E-state index contributed by atoms with van der Waals surface area (Å²) in [5.41, 5.74) is 4.21. The third kappa shape index (κ3) is 3.06. The van der Waals surface area contributed by atoms with Gasteiger partial charge < -0.3 is 4.74 Å². The highest BCUT2D eigenvalue weighted by atomic mass is 16.5. The van der Waals surface area contributed by atoms with E-state index in [-0.39, 0.29) is 5.97 Å². The average molecular weight is 298 g/mol. The van der Waals surface area contributed by atoms with Crippen LogP contribution in [0.4, 0.5) is 0 Å². The van der Waals surface area contributed by atoms with Gasteiger partial charge in [0.1, 0.15) is 5.56 Å². The Bertz CT molecular complexity index is 654. The van der Waals surface area contributed by atoms with Gasteiger partial charge in [-0.05, 0) is 37.3 Å². The zero-order valence-corrected chi connectivity index (χ0v) is 13.2. The second-order valence-corrected chi connectivity index (χ2v) is 5.77. The molecule has 1 saturated carbocycles. The molecule has 0 atom stereocenters. The summed E-state index contributed by atoms with van der Waals surface area (Å²) in [7, 11) is 0. The van der Waals surface area contributed by atoms with E-state index in [0.29, 0.717) is 24.6 Å². The molecule has 0 bridgehead atoms. The van der Waals surface area contributed by atoms with E-state index in [4.69, 9.17) is 4.74 Å². The molecule has 0 spiro atoms. The zero-order chi connectivity index (χ0) is 15.5. The number of benzene rings is 1. The highest BCUT2D eigenvalue weighted by Crippen LogP contribution is 2.42. The largest absolute Gasteiger partial charge is 0.462 e. The maximum Gasteiger partial charge on any atom is 0.341 e. The second-order valence-electron chi connectivity index (χ2n) is 5.77. The number of rotatable bonds is 6. The molecule has 0 aliphatic heterocycles. The molecular weight excluding hydrogens is 276 g/mol. The van der Waals surface area contributed by atoms with Crippen molar-refractivity contribution in [1.29, 1.82) is 0 Å². The normalized spacial score (nSPS) is 14.1. The van der Waals surface area contributed by atoms with E-state index in [0.717, 1.165) is 25.0 Å². The van der Waals surface area contributed by atoms with Crippen molar-refractivity contribution < 1.29 is 9.53 Å². The molecule has 116 valence electrons. The molecule has 3 rings (SSSR count). The van der Waals surface area contributed by atoms with Crippen molar-refractivity contribution in [3.63, 3.8) is 0 Å². The Balaban J connectivity index is 1.85. The summed E-state index contributed by atoms with van der Waals surface area (Å²) in [5, 5.41) is 4.43. The molecule has 1 fully saturated rings. The molecule has 1 aliphatic carbocycles. The van der Waals surface area contributed by atoms with Crippen LogP contribution in [0.15, 0.2) is 30.5 Å². The quantitative estimate of drug-likeness (QED) is 0.766. The van der Waals surface area contributed by atoms with Gasteiger partial charge >= 0.3 is 5.97 Å². The number of aromatic nitrogens is 2. The van der Waals surface area contributed by atoms with Crippen LogP contribution in [0, 0.1) is 0 Å². The highest BCUT2D eigenvalue weighted by molar-refractivity contribution is 5.90. The Labute approximate surface area is 131 Å². The Morgan fingerprint density at radius 2 is 1.91 bits per heavy atom. The van der Waals surface area contributed by atoms with Gasteiger partial charge in [0.25, 0.3) is 0 Å². The fourth-order valence-electron chi connectivity index (χ4n) is 2.73. The van der Waals surface area contributed by atoms with E-state index >= 15 is 0 Å². The van der Waals surface area contributed by atoms with Crippen molar-refractivity contribution in [3.05, 3.63) is 52.8 Å². The van der Waals surface area contributed by atoms with Crippen LogP contribution in [0.2, 0.25) is 0 Å². The van der Waals surface area contributed by atoms with Crippen LogP contribution in [0.25, 0.3) is 0 Å². The third-order valence-corrected chi connectivity index (χ3v) is 4.10. The molecule has 0 N–H and O–H groups in total. The maximum atomic E-state index is 12.1. The molecule has 0 amide bonds. The molecule has 22 heavy (non-hydrogen) atoms. The number of hydrogen-bond donors (Lipinski definition) is 0. The minimum absolute atomic E-state index is 0.253. The summed E-state index contributed by atoms with van der Waals surface area (Å²) < 4.78 is 7.11. The van der Waals surface area contributed by atoms with Gasteiger partial charge in [-0.1, -0.05) is 31.2 Å². The van der Waals surface area contributed by atoms with E-state index in [1.54, 1.807) is 6.20 Å². The number of nitrogens with zero attached hydrogens (tertiary/aromatic N) is 2. The van der Waals surface area contributed by atoms with Crippen LogP contribution in [-0.2, 0) is 17.7 Å². The van der Waals surface area contributed by atoms with Crippen molar-refractivity contribution in [1.82, 2.24) is 9.78 Å². The lowest BCUT2D eigenvalue weighted by Crippen LogP contribution is -2.10. The topological polar surface area (TPSA) is 44.1 Å². The van der Waals surface area contributed by atoms with Crippen LogP contribution in [0.5, 0.6) is 0 Å². The maximum absolute atomic E-state index is 12.1. The van der Waals surface area contributed by atoms with Crippen LogP contribution < -0.4 is 0 Å². The van der Waals surface area contributed by atoms with Crippen LogP contribution >= 0.6 is 0 Å². The van der Waals surface area contributed by atoms with Crippen molar-refractivity contribution >= 4 is 5.97 Å². The van der Waals surface area contributed by atoms with Crippen LogP contribution in [0.3, 0.4) is 0 Å². The SMILES string of the molecule is CCOC(=O)c1cnn(Cc2ccc(CC)cc2)c1C1CC1. The molecule has 4 heteroatoms. The van der Waals surface area contributed by atoms with Gasteiger partial charge in [-0.2, -0.15) is 5.10 Å². The fraction of sp³-hybridized carbons (Fsp3) is 0.444. The number of ether oxygens (including phenoxy) is 1. The number of carbonyl (C=O) groups is 1. The number of esters is 1. The minimum Gasteiger partial charge on any atom is -0.462 e. The monoisotopic (exact) mass is 298 g/mol. The molecule has 1 aliphatic rings. The van der Waals surface area contributed by atoms with Crippen molar-refractivity contribution in [2.75, 3.05) is 6.61 Å². The molecule has 2 aromatic rings. The summed E-state index contributed by atoms with van der Waals surface area (Å²) in [6, 6.07) is 8.59. The molecular formula is C18H22N2O2. The lowest BCUT2D eigenvalue weighted by molar-refractivity contribution is 0.0525. The van der Waals surface area contributed by atoms with Crippen molar-refractivity contribution in [3.8, 4) is 0 Å². The lowest BCUT2D eigenvalue weighted by atomic mass is 10.1. The molecule has 1 heterocycles. The predicted molar refractivity (Wildman–Crippen MR) is 85.1 cm³/mol. The fourth-order valence-corrected chi connectivity index (χ4v) is 2.73. The van der Waals surface area contributed by atoms with Crippen molar-refractivity contribution in [2.45, 2.75) is 45.6 Å². The zero-order valence-electron chi connectivity index (χ0n) is 13.2. The van der Waals surface area contributed by atoms with E-state index in [9.17, 15) is 4.79 Å². The van der Waals surface area contributed by atoms with Crippen molar-refractivity contribution in [2.24, 2.45) is 0 Å². The number of carbonyl (C=O) groups excluding carboxylic acids is 1. The predicted octanol–water partition coefficient (Wildman–Crippen LogP) is 3.55. The van der Waals surface area contributed by atoms with Gasteiger partial charge in [0.15, 0.2) is 0 Å². The Morgan fingerprint density at radius 3 is 2.50 bits per heavy atom. The van der Waals surface area contributed by atoms with Gasteiger partial charge in [-0.3, -0.25) is 4.68 Å². The second kappa shape index (κ2) is 6.34. The van der Waals surface area contributed by atoms with Crippen LogP contribution in [0.1, 0.15) is 59.8 Å². The number of aryl methyl sites for hydroxylation is 1. The molecule has 0 unspecified atom stereocenters. The Kier molecular flexibility index (Phi) is 4.27. The first-order valence-corrected chi connectivity index (χ1v) is 8.03. The smallest absolute Gasteiger partial charge is 0.341 e. The first kappa shape index (κ1) is 14.8. The van der Waals surface area contributed by atoms with Gasteiger partial charge in [0.05, 0.1) is 25.0 Å². The molecule has 0 saturated heterocycles. The summed E-state index contributed by atoms with van der Waals surface area (Å²) >= 11 is 0. The van der Waals surface area contributed by atoms with E-state index in [1.807, 2.05) is 11.6 Å². The number of hydrogen-bond acceptors (Lipinski definition) is 3. The van der Waals surface area contributed by atoms with Gasteiger partial charge in [-0.15, -0.1) is 0 Å². The molecule has 0 radical (unpaired) electrons. The van der Waals surface area contributed by atoms with E-state index in [2.05, 4.69) is 36.3 Å². The molecule has 1 aromatic carbocycles. The summed E-state index contributed by atoms with van der Waals surface area (Å²) in [6.07, 6.45) is 4.97. The Hall–Kier alpha value is -2.10. The summed E-state index contributed by atoms with van der Waals surface area (Å²) in [6.45, 7) is 5.08. The van der Waals surface area contributed by atoms with Crippen LogP contribution in [-0.4, -0.2) is 22.4 Å². The average Bonchev–Trinajstić information content (AvgIpc) is 3.29. The third-order valence-electron chi connectivity index (χ3n) is 4.10. The van der Waals surface area contributed by atoms with Gasteiger partial charge in [0.2, 0.25) is 0 Å². The summed E-state index contributed by atoms with van der Waals surface area (Å²) in [4.78, 5) is 12.1. The highest BCUT2D eigenvalue weighted by Gasteiger charge is 2.32.